The normalized spacial score (nSPS) is 27.2. The maximum atomic E-state index is 6.28. The van der Waals surface area contributed by atoms with Gasteiger partial charge >= 0.3 is 0 Å². The Morgan fingerprint density at radius 3 is 2.71 bits per heavy atom. The van der Waals surface area contributed by atoms with E-state index in [-0.39, 0.29) is 6.10 Å². The maximum Gasteiger partial charge on any atom is 0.0979 e. The highest BCUT2D eigenvalue weighted by atomic mass is 35.5. The first-order valence-electron chi connectivity index (χ1n) is 7.64. The summed E-state index contributed by atoms with van der Waals surface area (Å²) < 4.78 is 10.9. The molecule has 0 bridgehead atoms. The van der Waals surface area contributed by atoms with Crippen molar-refractivity contribution in [2.75, 3.05) is 38.3 Å². The lowest BCUT2D eigenvalue weighted by Crippen LogP contribution is -2.50. The average Bonchev–Trinajstić information content (AvgIpc) is 2.96. The third-order valence-electron chi connectivity index (χ3n) is 4.47. The van der Waals surface area contributed by atoms with Crippen LogP contribution in [0.1, 0.15) is 12.8 Å². The molecular formula is C16H23ClN2O2. The molecule has 0 unspecified atom stereocenters. The van der Waals surface area contributed by atoms with Crippen molar-refractivity contribution in [2.45, 2.75) is 31.0 Å². The summed E-state index contributed by atoms with van der Waals surface area (Å²) in [5, 5.41) is 4.54. The van der Waals surface area contributed by atoms with Crippen LogP contribution in [0.3, 0.4) is 0 Å². The molecule has 0 radical (unpaired) electrons. The van der Waals surface area contributed by atoms with Gasteiger partial charge in [-0.25, -0.2) is 0 Å². The fourth-order valence-corrected chi connectivity index (χ4v) is 3.48. The van der Waals surface area contributed by atoms with Crippen LogP contribution in [-0.2, 0) is 9.47 Å². The first-order chi connectivity index (χ1) is 10.3. The molecule has 0 saturated carbocycles. The molecule has 2 saturated heterocycles. The zero-order valence-electron chi connectivity index (χ0n) is 12.4. The molecule has 1 aromatic rings. The quantitative estimate of drug-likeness (QED) is 0.925. The maximum absolute atomic E-state index is 6.28. The molecule has 2 heterocycles. The number of benzene rings is 1. The van der Waals surface area contributed by atoms with E-state index in [0.717, 1.165) is 43.2 Å². The molecule has 0 amide bonds. The van der Waals surface area contributed by atoms with Crippen molar-refractivity contribution >= 4 is 17.3 Å². The van der Waals surface area contributed by atoms with Gasteiger partial charge in [0.25, 0.3) is 0 Å². The summed E-state index contributed by atoms with van der Waals surface area (Å²) in [5.41, 5.74) is 1.15. The summed E-state index contributed by atoms with van der Waals surface area (Å²) in [6.07, 6.45) is 2.43. The van der Waals surface area contributed by atoms with E-state index in [0.29, 0.717) is 18.7 Å². The third-order valence-corrected chi connectivity index (χ3v) is 4.79. The van der Waals surface area contributed by atoms with Gasteiger partial charge in [-0.05, 0) is 25.0 Å². The lowest BCUT2D eigenvalue weighted by atomic mass is 10.0. The highest BCUT2D eigenvalue weighted by Gasteiger charge is 2.31. The number of hydrogen-bond acceptors (Lipinski definition) is 4. The van der Waals surface area contributed by atoms with Crippen LogP contribution in [0.15, 0.2) is 24.3 Å². The molecule has 116 valence electrons. The number of hydrogen-bond donors (Lipinski definition) is 1. The summed E-state index contributed by atoms with van der Waals surface area (Å²) in [4.78, 5) is 2.37. The topological polar surface area (TPSA) is 33.7 Å². The first-order valence-corrected chi connectivity index (χ1v) is 8.02. The zero-order chi connectivity index (χ0) is 14.7. The molecule has 0 aromatic heterocycles. The molecule has 4 nitrogen and oxygen atoms in total. The van der Waals surface area contributed by atoms with Gasteiger partial charge in [0, 0.05) is 26.2 Å². The van der Waals surface area contributed by atoms with E-state index >= 15 is 0 Å². The minimum Gasteiger partial charge on any atom is -0.377 e. The van der Waals surface area contributed by atoms with Crippen molar-refractivity contribution < 1.29 is 9.47 Å². The van der Waals surface area contributed by atoms with Crippen LogP contribution in [-0.4, -0.2) is 51.6 Å². The lowest BCUT2D eigenvalue weighted by Gasteiger charge is -2.36. The Bertz CT molecular complexity index is 463. The number of rotatable bonds is 4. The lowest BCUT2D eigenvalue weighted by molar-refractivity contribution is 0.0711. The van der Waals surface area contributed by atoms with Gasteiger partial charge in [-0.1, -0.05) is 23.7 Å². The van der Waals surface area contributed by atoms with Crippen LogP contribution in [0.5, 0.6) is 0 Å². The highest BCUT2D eigenvalue weighted by Crippen LogP contribution is 2.28. The summed E-state index contributed by atoms with van der Waals surface area (Å²) in [5.74, 6) is 0. The standard InChI is InChI=1S/C16H23ClN2O2/c1-20-16-11-21-10-14(16)18-12-6-8-19(9-7-12)15-5-3-2-4-13(15)17/h2-5,12,14,16,18H,6-11H2,1H3/t14-,16-/m0/s1. The second-order valence-electron chi connectivity index (χ2n) is 5.80. The summed E-state index contributed by atoms with van der Waals surface area (Å²) >= 11 is 6.28. The van der Waals surface area contributed by atoms with Crippen LogP contribution in [0, 0.1) is 0 Å². The van der Waals surface area contributed by atoms with Crippen molar-refractivity contribution in [1.82, 2.24) is 5.32 Å². The Morgan fingerprint density at radius 1 is 1.24 bits per heavy atom. The molecule has 5 heteroatoms. The molecule has 0 aliphatic carbocycles. The van der Waals surface area contributed by atoms with Gasteiger partial charge in [0.1, 0.15) is 0 Å². The summed E-state index contributed by atoms with van der Waals surface area (Å²) in [6, 6.07) is 8.94. The van der Waals surface area contributed by atoms with Gasteiger partial charge in [-0.2, -0.15) is 0 Å². The van der Waals surface area contributed by atoms with Gasteiger partial charge in [-0.15, -0.1) is 0 Å². The van der Waals surface area contributed by atoms with Gasteiger partial charge in [-0.3, -0.25) is 0 Å². The van der Waals surface area contributed by atoms with Gasteiger partial charge < -0.3 is 19.7 Å². The molecule has 2 aliphatic heterocycles. The number of anilines is 1. The number of nitrogens with zero attached hydrogens (tertiary/aromatic N) is 1. The van der Waals surface area contributed by atoms with Crippen molar-refractivity contribution in [3.63, 3.8) is 0 Å². The second-order valence-corrected chi connectivity index (χ2v) is 6.20. The number of halogens is 1. The smallest absolute Gasteiger partial charge is 0.0979 e. The minimum absolute atomic E-state index is 0.187. The average molecular weight is 311 g/mol. The first kappa shape index (κ1) is 15.1. The third kappa shape index (κ3) is 3.51. The summed E-state index contributed by atoms with van der Waals surface area (Å²) in [6.45, 7) is 3.52. The SMILES string of the molecule is CO[C@H]1COC[C@@H]1NC1CCN(c2ccccc2Cl)CC1. The van der Waals surface area contributed by atoms with E-state index in [4.69, 9.17) is 21.1 Å². The number of para-hydroxylation sites is 1. The number of methoxy groups -OCH3 is 1. The molecule has 2 aliphatic rings. The molecule has 2 fully saturated rings. The van der Waals surface area contributed by atoms with Gasteiger partial charge in [0.15, 0.2) is 0 Å². The fraction of sp³-hybridized carbons (Fsp3) is 0.625. The fourth-order valence-electron chi connectivity index (χ4n) is 3.22. The van der Waals surface area contributed by atoms with E-state index in [2.05, 4.69) is 16.3 Å². The number of nitrogens with one attached hydrogen (secondary N) is 1. The molecular weight excluding hydrogens is 288 g/mol. The molecule has 3 rings (SSSR count). The van der Waals surface area contributed by atoms with E-state index in [9.17, 15) is 0 Å². The van der Waals surface area contributed by atoms with Gasteiger partial charge in [0.2, 0.25) is 0 Å². The van der Waals surface area contributed by atoms with Crippen LogP contribution >= 0.6 is 11.6 Å². The van der Waals surface area contributed by atoms with Crippen LogP contribution < -0.4 is 10.2 Å². The van der Waals surface area contributed by atoms with Crippen LogP contribution in [0.2, 0.25) is 5.02 Å². The number of ether oxygens (including phenoxy) is 2. The van der Waals surface area contributed by atoms with Crippen molar-refractivity contribution in [3.05, 3.63) is 29.3 Å². The Hall–Kier alpha value is -0.810. The van der Waals surface area contributed by atoms with E-state index in [1.807, 2.05) is 18.2 Å². The zero-order valence-corrected chi connectivity index (χ0v) is 13.2. The predicted octanol–water partition coefficient (Wildman–Crippen LogP) is 2.31. The molecule has 0 spiro atoms. The van der Waals surface area contributed by atoms with Crippen LogP contribution in [0.25, 0.3) is 0 Å². The Balaban J connectivity index is 1.52. The Kier molecular flexibility index (Phi) is 5.01. The monoisotopic (exact) mass is 310 g/mol. The van der Waals surface area contributed by atoms with Crippen molar-refractivity contribution in [2.24, 2.45) is 0 Å². The van der Waals surface area contributed by atoms with Crippen LogP contribution in [0.4, 0.5) is 5.69 Å². The Labute approximate surface area is 131 Å². The largest absolute Gasteiger partial charge is 0.377 e. The van der Waals surface area contributed by atoms with Gasteiger partial charge in [0.05, 0.1) is 36.1 Å². The van der Waals surface area contributed by atoms with E-state index in [1.165, 1.54) is 0 Å². The minimum atomic E-state index is 0.187. The highest BCUT2D eigenvalue weighted by molar-refractivity contribution is 6.33. The Morgan fingerprint density at radius 2 is 2.00 bits per heavy atom. The second kappa shape index (κ2) is 6.97. The number of piperidine rings is 1. The van der Waals surface area contributed by atoms with E-state index < -0.39 is 0 Å². The van der Waals surface area contributed by atoms with Crippen molar-refractivity contribution in [1.29, 1.82) is 0 Å². The molecule has 21 heavy (non-hydrogen) atoms. The molecule has 2 atom stereocenters. The molecule has 1 aromatic carbocycles. The summed E-state index contributed by atoms with van der Waals surface area (Å²) in [7, 11) is 1.76. The van der Waals surface area contributed by atoms with Crippen molar-refractivity contribution in [3.8, 4) is 0 Å². The van der Waals surface area contributed by atoms with E-state index in [1.54, 1.807) is 7.11 Å². The predicted molar refractivity (Wildman–Crippen MR) is 85.2 cm³/mol. The molecule has 1 N–H and O–H groups in total.